The van der Waals surface area contributed by atoms with Crippen molar-refractivity contribution in [1.29, 1.82) is 0 Å². The first-order chi connectivity index (χ1) is 9.56. The monoisotopic (exact) mass is 293 g/mol. The fourth-order valence-corrected chi connectivity index (χ4v) is 2.39. The molecule has 0 aliphatic heterocycles. The molecule has 0 fully saturated rings. The van der Waals surface area contributed by atoms with Crippen LogP contribution in [0.4, 0.5) is 0 Å². The molecular formula is C15H16ClNO3. The third kappa shape index (κ3) is 3.84. The van der Waals surface area contributed by atoms with Gasteiger partial charge < -0.3 is 10.0 Å². The van der Waals surface area contributed by atoms with E-state index in [0.29, 0.717) is 24.4 Å². The van der Waals surface area contributed by atoms with Gasteiger partial charge in [-0.05, 0) is 30.5 Å². The highest BCUT2D eigenvalue weighted by Gasteiger charge is 2.26. The number of carbonyl (C=O) groups is 2. The van der Waals surface area contributed by atoms with Crippen molar-refractivity contribution in [3.05, 3.63) is 47.0 Å². The van der Waals surface area contributed by atoms with Gasteiger partial charge in [0.2, 0.25) is 5.91 Å². The summed E-state index contributed by atoms with van der Waals surface area (Å²) in [5, 5.41) is 9.58. The van der Waals surface area contributed by atoms with E-state index in [-0.39, 0.29) is 18.4 Å². The molecule has 1 amide bonds. The number of nitrogens with zero attached hydrogens (tertiary/aromatic N) is 1. The summed E-state index contributed by atoms with van der Waals surface area (Å²) in [6.45, 7) is 0.0107. The average molecular weight is 294 g/mol. The zero-order chi connectivity index (χ0) is 14.5. The van der Waals surface area contributed by atoms with Crippen LogP contribution in [-0.4, -0.2) is 28.4 Å². The summed E-state index contributed by atoms with van der Waals surface area (Å²) in [6.07, 6.45) is 5.30. The number of hydrogen-bond donors (Lipinski definition) is 1. The van der Waals surface area contributed by atoms with Gasteiger partial charge in [-0.2, -0.15) is 0 Å². The minimum absolute atomic E-state index is 0.104. The molecule has 0 radical (unpaired) electrons. The number of allylic oxidation sites excluding steroid dienone is 2. The van der Waals surface area contributed by atoms with Gasteiger partial charge >= 0.3 is 5.97 Å². The van der Waals surface area contributed by atoms with Crippen LogP contribution in [0, 0.1) is 5.92 Å². The third-order valence-electron chi connectivity index (χ3n) is 3.28. The van der Waals surface area contributed by atoms with Gasteiger partial charge in [0.15, 0.2) is 0 Å². The van der Waals surface area contributed by atoms with E-state index in [1.165, 1.54) is 4.90 Å². The first-order valence-corrected chi connectivity index (χ1v) is 6.84. The maximum absolute atomic E-state index is 12.3. The van der Waals surface area contributed by atoms with Gasteiger partial charge in [0, 0.05) is 17.5 Å². The largest absolute Gasteiger partial charge is 0.480 e. The fourth-order valence-electron chi connectivity index (χ4n) is 2.26. The summed E-state index contributed by atoms with van der Waals surface area (Å²) in [5.74, 6) is -1.23. The molecule has 0 unspecified atom stereocenters. The van der Waals surface area contributed by atoms with Crippen molar-refractivity contribution < 1.29 is 14.7 Å². The number of amides is 1. The SMILES string of the molecule is O=C(O)CN(Cc1ccc(Cl)cc1)C(=O)C1CC=CC1. The number of carboxylic acids is 1. The lowest BCUT2D eigenvalue weighted by molar-refractivity contribution is -0.146. The predicted octanol–water partition coefficient (Wildman–Crippen LogP) is 2.72. The molecule has 2 rings (SSSR count). The van der Waals surface area contributed by atoms with Gasteiger partial charge in [0.25, 0.3) is 0 Å². The lowest BCUT2D eigenvalue weighted by Gasteiger charge is -2.24. The van der Waals surface area contributed by atoms with Crippen LogP contribution in [0.1, 0.15) is 18.4 Å². The Morgan fingerprint density at radius 2 is 1.80 bits per heavy atom. The number of aliphatic carboxylic acids is 1. The highest BCUT2D eigenvalue weighted by molar-refractivity contribution is 6.30. The molecular weight excluding hydrogens is 278 g/mol. The van der Waals surface area contributed by atoms with Crippen LogP contribution in [0.5, 0.6) is 0 Å². The summed E-state index contributed by atoms with van der Waals surface area (Å²) in [4.78, 5) is 24.7. The number of carboxylic acid groups (broad SMARTS) is 1. The predicted molar refractivity (Wildman–Crippen MR) is 76.4 cm³/mol. The molecule has 1 aliphatic rings. The number of halogens is 1. The zero-order valence-electron chi connectivity index (χ0n) is 11.0. The Labute approximate surface area is 122 Å². The molecule has 1 N–H and O–H groups in total. The maximum Gasteiger partial charge on any atom is 0.323 e. The van der Waals surface area contributed by atoms with Crippen molar-refractivity contribution in [2.75, 3.05) is 6.54 Å². The van der Waals surface area contributed by atoms with Crippen LogP contribution < -0.4 is 0 Å². The molecule has 1 aromatic carbocycles. The molecule has 1 aromatic rings. The Morgan fingerprint density at radius 1 is 1.20 bits per heavy atom. The number of rotatable bonds is 5. The topological polar surface area (TPSA) is 57.6 Å². The highest BCUT2D eigenvalue weighted by atomic mass is 35.5. The molecule has 0 saturated heterocycles. The minimum Gasteiger partial charge on any atom is -0.480 e. The van der Waals surface area contributed by atoms with Crippen molar-refractivity contribution in [3.63, 3.8) is 0 Å². The summed E-state index contributed by atoms with van der Waals surface area (Å²) in [6, 6.07) is 7.07. The molecule has 0 bridgehead atoms. The Morgan fingerprint density at radius 3 is 2.35 bits per heavy atom. The van der Waals surface area contributed by atoms with Crippen LogP contribution in [0.2, 0.25) is 5.02 Å². The molecule has 0 aromatic heterocycles. The molecule has 0 spiro atoms. The van der Waals surface area contributed by atoms with Crippen LogP contribution in [0.3, 0.4) is 0 Å². The van der Waals surface area contributed by atoms with Crippen LogP contribution >= 0.6 is 11.6 Å². The Hall–Kier alpha value is -1.81. The van der Waals surface area contributed by atoms with Gasteiger partial charge in [-0.15, -0.1) is 0 Å². The van der Waals surface area contributed by atoms with Crippen LogP contribution in [-0.2, 0) is 16.1 Å². The molecule has 4 nitrogen and oxygen atoms in total. The molecule has 20 heavy (non-hydrogen) atoms. The second-order valence-electron chi connectivity index (χ2n) is 4.85. The zero-order valence-corrected chi connectivity index (χ0v) is 11.7. The van der Waals surface area contributed by atoms with Crippen molar-refractivity contribution >= 4 is 23.5 Å². The van der Waals surface area contributed by atoms with Gasteiger partial charge in [-0.25, -0.2) is 0 Å². The van der Waals surface area contributed by atoms with Gasteiger partial charge in [-0.3, -0.25) is 9.59 Å². The minimum atomic E-state index is -1.00. The molecule has 0 saturated carbocycles. The van der Waals surface area contributed by atoms with E-state index in [2.05, 4.69) is 0 Å². The third-order valence-corrected chi connectivity index (χ3v) is 3.53. The lowest BCUT2D eigenvalue weighted by atomic mass is 10.1. The molecule has 5 heteroatoms. The van der Waals surface area contributed by atoms with E-state index < -0.39 is 5.97 Å². The normalized spacial score (nSPS) is 14.4. The number of hydrogen-bond acceptors (Lipinski definition) is 2. The average Bonchev–Trinajstić information content (AvgIpc) is 2.93. The Kier molecular flexibility index (Phi) is 4.79. The number of benzene rings is 1. The van der Waals surface area contributed by atoms with Crippen molar-refractivity contribution in [3.8, 4) is 0 Å². The van der Waals surface area contributed by atoms with Gasteiger partial charge in [0.1, 0.15) is 6.54 Å². The van der Waals surface area contributed by atoms with E-state index in [1.54, 1.807) is 24.3 Å². The first-order valence-electron chi connectivity index (χ1n) is 6.46. The van der Waals surface area contributed by atoms with Gasteiger partial charge in [0.05, 0.1) is 0 Å². The van der Waals surface area contributed by atoms with Crippen molar-refractivity contribution in [1.82, 2.24) is 4.90 Å². The maximum atomic E-state index is 12.3. The van der Waals surface area contributed by atoms with E-state index in [4.69, 9.17) is 16.7 Å². The second-order valence-corrected chi connectivity index (χ2v) is 5.29. The van der Waals surface area contributed by atoms with E-state index in [0.717, 1.165) is 5.56 Å². The molecule has 106 valence electrons. The highest BCUT2D eigenvalue weighted by Crippen LogP contribution is 2.21. The van der Waals surface area contributed by atoms with Crippen LogP contribution in [0.25, 0.3) is 0 Å². The summed E-state index contributed by atoms with van der Waals surface area (Å²) < 4.78 is 0. The van der Waals surface area contributed by atoms with E-state index in [1.807, 2.05) is 12.2 Å². The van der Waals surface area contributed by atoms with Crippen molar-refractivity contribution in [2.24, 2.45) is 5.92 Å². The van der Waals surface area contributed by atoms with Crippen LogP contribution in [0.15, 0.2) is 36.4 Å². The standard InChI is InChI=1S/C15H16ClNO3/c16-13-7-5-11(6-8-13)9-17(10-14(18)19)15(20)12-3-1-2-4-12/h1-2,5-8,12H,3-4,9-10H2,(H,18,19). The number of carbonyl (C=O) groups excluding carboxylic acids is 1. The second kappa shape index (κ2) is 6.57. The lowest BCUT2D eigenvalue weighted by Crippen LogP contribution is -2.38. The van der Waals surface area contributed by atoms with E-state index >= 15 is 0 Å². The van der Waals surface area contributed by atoms with E-state index in [9.17, 15) is 9.59 Å². The van der Waals surface area contributed by atoms with Gasteiger partial charge in [-0.1, -0.05) is 35.9 Å². The molecule has 1 aliphatic carbocycles. The van der Waals surface area contributed by atoms with Crippen molar-refractivity contribution in [2.45, 2.75) is 19.4 Å². The first kappa shape index (κ1) is 14.6. The smallest absolute Gasteiger partial charge is 0.323 e. The molecule has 0 heterocycles. The summed E-state index contributed by atoms with van der Waals surface area (Å²) in [7, 11) is 0. The fraction of sp³-hybridized carbons (Fsp3) is 0.333. The Bertz CT molecular complexity index is 516. The summed E-state index contributed by atoms with van der Waals surface area (Å²) in [5.41, 5.74) is 0.870. The Balaban J connectivity index is 2.08. The quantitative estimate of drug-likeness (QED) is 0.849. The molecule has 0 atom stereocenters. The summed E-state index contributed by atoms with van der Waals surface area (Å²) >= 11 is 5.82.